The zero-order valence-electron chi connectivity index (χ0n) is 13.3. The van der Waals surface area contributed by atoms with E-state index >= 15 is 0 Å². The van der Waals surface area contributed by atoms with Crippen molar-refractivity contribution in [2.24, 2.45) is 0 Å². The second-order valence-electron chi connectivity index (χ2n) is 5.03. The highest BCUT2D eigenvalue weighted by Crippen LogP contribution is 2.20. The molecule has 0 atom stereocenters. The Morgan fingerprint density at radius 2 is 2.24 bits per heavy atom. The number of anilines is 1. The summed E-state index contributed by atoms with van der Waals surface area (Å²) in [6.07, 6.45) is 2.79. The van der Waals surface area contributed by atoms with Crippen LogP contribution in [0.1, 0.15) is 6.92 Å². The van der Waals surface area contributed by atoms with Gasteiger partial charge < -0.3 is 14.5 Å². The van der Waals surface area contributed by atoms with Crippen molar-refractivity contribution < 1.29 is 13.9 Å². The molecule has 0 saturated heterocycles. The molecule has 1 N–H and O–H groups in total. The molecule has 25 heavy (non-hydrogen) atoms. The van der Waals surface area contributed by atoms with Gasteiger partial charge in [-0.3, -0.25) is 4.79 Å². The van der Waals surface area contributed by atoms with E-state index in [0.717, 1.165) is 0 Å². The van der Waals surface area contributed by atoms with Gasteiger partial charge in [0.05, 0.1) is 17.4 Å². The molecule has 7 nitrogen and oxygen atoms in total. The molecule has 2 heterocycles. The third-order valence-corrected chi connectivity index (χ3v) is 3.45. The number of hydrogen-bond donors (Lipinski definition) is 1. The number of carbonyl (C=O) groups excluding carboxylic acids is 1. The number of aromatic nitrogens is 1. The summed E-state index contributed by atoms with van der Waals surface area (Å²) in [5.74, 6) is -0.713. The summed E-state index contributed by atoms with van der Waals surface area (Å²) in [5.41, 5.74) is 0.825. The predicted molar refractivity (Wildman–Crippen MR) is 91.7 cm³/mol. The van der Waals surface area contributed by atoms with Gasteiger partial charge in [-0.05, 0) is 37.3 Å². The number of nitriles is 1. The average Bonchev–Trinajstić information content (AvgIpc) is 2.63. The molecule has 0 aliphatic rings. The van der Waals surface area contributed by atoms with Gasteiger partial charge >= 0.3 is 5.97 Å². The molecule has 2 aromatic heterocycles. The van der Waals surface area contributed by atoms with Crippen LogP contribution in [0.25, 0.3) is 22.1 Å². The maximum absolute atomic E-state index is 12.6. The summed E-state index contributed by atoms with van der Waals surface area (Å²) in [7, 11) is 0. The summed E-state index contributed by atoms with van der Waals surface area (Å²) in [6, 6.07) is 9.94. The smallest absolute Gasteiger partial charge is 0.350 e. The zero-order valence-corrected chi connectivity index (χ0v) is 13.3. The number of rotatable bonds is 4. The quantitative estimate of drug-likeness (QED) is 0.338. The van der Waals surface area contributed by atoms with Crippen LogP contribution in [-0.2, 0) is 9.53 Å². The van der Waals surface area contributed by atoms with Crippen molar-refractivity contribution in [3.63, 3.8) is 0 Å². The predicted octanol–water partition coefficient (Wildman–Crippen LogP) is 2.72. The number of ether oxygens (including phenoxy) is 1. The van der Waals surface area contributed by atoms with Gasteiger partial charge in [0.15, 0.2) is 5.57 Å². The van der Waals surface area contributed by atoms with Crippen molar-refractivity contribution in [2.45, 2.75) is 6.92 Å². The molecule has 1 aromatic carbocycles. The first-order chi connectivity index (χ1) is 12.1. The van der Waals surface area contributed by atoms with Crippen LogP contribution in [0.15, 0.2) is 57.5 Å². The van der Waals surface area contributed by atoms with E-state index < -0.39 is 5.97 Å². The summed E-state index contributed by atoms with van der Waals surface area (Å²) < 4.78 is 10.4. The molecule has 0 radical (unpaired) electrons. The van der Waals surface area contributed by atoms with Crippen LogP contribution in [0.4, 0.5) is 5.69 Å². The molecule has 0 bridgehead atoms. The highest BCUT2D eigenvalue weighted by Gasteiger charge is 2.11. The normalized spacial score (nSPS) is 11.3. The Morgan fingerprint density at radius 1 is 1.40 bits per heavy atom. The van der Waals surface area contributed by atoms with Crippen molar-refractivity contribution in [2.75, 3.05) is 11.9 Å². The van der Waals surface area contributed by atoms with E-state index in [4.69, 9.17) is 14.4 Å². The number of nitrogens with one attached hydrogen (secondary N) is 1. The van der Waals surface area contributed by atoms with Gasteiger partial charge in [0.25, 0.3) is 0 Å². The van der Waals surface area contributed by atoms with Gasteiger partial charge in [0.2, 0.25) is 11.1 Å². The van der Waals surface area contributed by atoms with E-state index in [1.807, 2.05) is 0 Å². The van der Waals surface area contributed by atoms with Gasteiger partial charge in [-0.15, -0.1) is 0 Å². The fraction of sp³-hybridized carbons (Fsp3) is 0.111. The lowest BCUT2D eigenvalue weighted by atomic mass is 10.1. The van der Waals surface area contributed by atoms with Crippen LogP contribution in [0.3, 0.4) is 0 Å². The lowest BCUT2D eigenvalue weighted by Gasteiger charge is -2.05. The van der Waals surface area contributed by atoms with E-state index in [9.17, 15) is 9.59 Å². The SMILES string of the molecule is CCOC(=O)/C(C#N)=C\Nc1ccc2oc3ncccc3c(=O)c2c1. The van der Waals surface area contributed by atoms with Crippen LogP contribution >= 0.6 is 0 Å². The molecule has 7 heteroatoms. The molecule has 0 aliphatic heterocycles. The Balaban J connectivity index is 2.00. The third kappa shape index (κ3) is 3.19. The molecular formula is C18H13N3O4. The van der Waals surface area contributed by atoms with Crippen molar-refractivity contribution in [3.05, 3.63) is 58.5 Å². The highest BCUT2D eigenvalue weighted by atomic mass is 16.5. The number of benzene rings is 1. The first kappa shape index (κ1) is 16.2. The summed E-state index contributed by atoms with van der Waals surface area (Å²) >= 11 is 0. The Bertz CT molecular complexity index is 1090. The summed E-state index contributed by atoms with van der Waals surface area (Å²) in [5, 5.41) is 12.6. The minimum atomic E-state index is -0.713. The Hall–Kier alpha value is -3.66. The average molecular weight is 335 g/mol. The third-order valence-electron chi connectivity index (χ3n) is 3.45. The van der Waals surface area contributed by atoms with Gasteiger partial charge in [0, 0.05) is 18.1 Å². The largest absolute Gasteiger partial charge is 0.462 e. The second kappa shape index (κ2) is 6.84. The van der Waals surface area contributed by atoms with Crippen LogP contribution in [0.5, 0.6) is 0 Å². The molecule has 124 valence electrons. The highest BCUT2D eigenvalue weighted by molar-refractivity contribution is 5.93. The molecule has 0 aliphatic carbocycles. The van der Waals surface area contributed by atoms with Gasteiger partial charge in [0.1, 0.15) is 11.7 Å². The van der Waals surface area contributed by atoms with Crippen molar-refractivity contribution in [1.29, 1.82) is 5.26 Å². The maximum atomic E-state index is 12.6. The minimum Gasteiger partial charge on any atom is -0.462 e. The summed E-state index contributed by atoms with van der Waals surface area (Å²) in [6.45, 7) is 1.83. The van der Waals surface area contributed by atoms with Gasteiger partial charge in [-0.1, -0.05) is 0 Å². The van der Waals surface area contributed by atoms with E-state index in [2.05, 4.69) is 10.3 Å². The van der Waals surface area contributed by atoms with E-state index in [1.165, 1.54) is 6.20 Å². The van der Waals surface area contributed by atoms with E-state index in [1.54, 1.807) is 49.5 Å². The number of esters is 1. The molecular weight excluding hydrogens is 322 g/mol. The van der Waals surface area contributed by atoms with Crippen molar-refractivity contribution in [3.8, 4) is 6.07 Å². The Kier molecular flexibility index (Phi) is 4.44. The number of pyridine rings is 1. The molecule has 0 amide bonds. The Morgan fingerprint density at radius 3 is 3.00 bits per heavy atom. The Labute approximate surface area is 142 Å². The number of hydrogen-bond acceptors (Lipinski definition) is 7. The number of carbonyl (C=O) groups is 1. The fourth-order valence-corrected chi connectivity index (χ4v) is 2.28. The topological polar surface area (TPSA) is 105 Å². The number of fused-ring (bicyclic) bond motifs is 2. The van der Waals surface area contributed by atoms with Crippen LogP contribution < -0.4 is 10.7 Å². The lowest BCUT2D eigenvalue weighted by molar-refractivity contribution is -0.138. The van der Waals surface area contributed by atoms with Crippen LogP contribution in [0, 0.1) is 11.3 Å². The summed E-state index contributed by atoms with van der Waals surface area (Å²) in [4.78, 5) is 28.2. The standard InChI is InChI=1S/C18H13N3O4/c1-2-24-18(23)11(9-19)10-21-12-5-6-15-14(8-12)16(22)13-4-3-7-20-17(13)25-15/h3-8,10,21H,2H2,1H3/b11-10-. The first-order valence-corrected chi connectivity index (χ1v) is 7.49. The lowest BCUT2D eigenvalue weighted by Crippen LogP contribution is -2.08. The maximum Gasteiger partial charge on any atom is 0.350 e. The van der Waals surface area contributed by atoms with E-state index in [-0.39, 0.29) is 23.3 Å². The second-order valence-corrected chi connectivity index (χ2v) is 5.03. The fourth-order valence-electron chi connectivity index (χ4n) is 2.28. The molecule has 3 aromatic rings. The minimum absolute atomic E-state index is 0.170. The molecule has 3 rings (SSSR count). The first-order valence-electron chi connectivity index (χ1n) is 7.49. The molecule has 0 saturated carbocycles. The van der Waals surface area contributed by atoms with Crippen LogP contribution in [0.2, 0.25) is 0 Å². The van der Waals surface area contributed by atoms with E-state index in [0.29, 0.717) is 22.0 Å². The zero-order chi connectivity index (χ0) is 17.8. The van der Waals surface area contributed by atoms with Crippen molar-refractivity contribution in [1.82, 2.24) is 4.98 Å². The van der Waals surface area contributed by atoms with Crippen LogP contribution in [-0.4, -0.2) is 17.6 Å². The van der Waals surface area contributed by atoms with Crippen molar-refractivity contribution >= 4 is 33.7 Å². The van der Waals surface area contributed by atoms with Gasteiger partial charge in [-0.2, -0.15) is 5.26 Å². The monoisotopic (exact) mass is 335 g/mol. The molecule has 0 fully saturated rings. The van der Waals surface area contributed by atoms with Gasteiger partial charge in [-0.25, -0.2) is 9.78 Å². The molecule has 0 unspecified atom stereocenters. The number of nitrogens with zero attached hydrogens (tertiary/aromatic N) is 2. The molecule has 0 spiro atoms.